The smallest absolute Gasteiger partial charge is 0.330 e. The van der Waals surface area contributed by atoms with Crippen LogP contribution in [0, 0.1) is 0 Å². The van der Waals surface area contributed by atoms with E-state index < -0.39 is 5.97 Å². The van der Waals surface area contributed by atoms with E-state index >= 15 is 0 Å². The van der Waals surface area contributed by atoms with Gasteiger partial charge in [-0.1, -0.05) is 12.6 Å². The van der Waals surface area contributed by atoms with Crippen molar-refractivity contribution in [3.8, 4) is 23.0 Å². The third-order valence-electron chi connectivity index (χ3n) is 7.82. The number of unbranched alkanes of at least 4 members (excludes halogenated alkanes) is 2. The van der Waals surface area contributed by atoms with Gasteiger partial charge in [-0.2, -0.15) is 0 Å². The van der Waals surface area contributed by atoms with Crippen LogP contribution in [-0.2, 0) is 31.9 Å². The Bertz CT molecular complexity index is 1200. The zero-order valence-electron chi connectivity index (χ0n) is 25.0. The minimum atomic E-state index is -0.421. The fraction of sp³-hybridized carbons (Fsp3) is 0.500. The van der Waals surface area contributed by atoms with Gasteiger partial charge in [-0.15, -0.1) is 0 Å². The number of fused-ring (bicyclic) bond motifs is 1. The zero-order chi connectivity index (χ0) is 29.8. The van der Waals surface area contributed by atoms with Crippen LogP contribution in [0.15, 0.2) is 43.0 Å². The Balaban J connectivity index is 1.72. The Morgan fingerprint density at radius 2 is 1.51 bits per heavy atom. The van der Waals surface area contributed by atoms with Crippen molar-refractivity contribution in [2.45, 2.75) is 44.6 Å². The van der Waals surface area contributed by atoms with E-state index in [2.05, 4.69) is 31.8 Å². The number of rotatable bonds is 16. The number of benzene rings is 2. The molecule has 0 N–H and O–H groups in total. The highest BCUT2D eigenvalue weighted by Crippen LogP contribution is 2.43. The maximum absolute atomic E-state index is 12.7. The highest BCUT2D eigenvalue weighted by atomic mass is 16.5. The van der Waals surface area contributed by atoms with Crippen molar-refractivity contribution in [1.29, 1.82) is 0 Å². The van der Waals surface area contributed by atoms with E-state index in [1.165, 1.54) is 11.1 Å². The molecule has 0 aromatic heterocycles. The molecule has 41 heavy (non-hydrogen) atoms. The molecule has 1 aliphatic rings. The van der Waals surface area contributed by atoms with Gasteiger partial charge in [0.2, 0.25) is 0 Å². The topological polar surface area (TPSA) is 89.5 Å². The van der Waals surface area contributed by atoms with Crippen LogP contribution in [0.4, 0.5) is 0 Å². The van der Waals surface area contributed by atoms with Crippen molar-refractivity contribution in [3.63, 3.8) is 0 Å². The van der Waals surface area contributed by atoms with Crippen LogP contribution in [0.5, 0.6) is 23.0 Å². The third kappa shape index (κ3) is 8.39. The van der Waals surface area contributed by atoms with E-state index in [0.29, 0.717) is 47.9 Å². The van der Waals surface area contributed by atoms with Crippen molar-refractivity contribution in [3.05, 3.63) is 59.7 Å². The first kappa shape index (κ1) is 31.8. The van der Waals surface area contributed by atoms with Crippen LogP contribution in [0.25, 0.3) is 0 Å². The summed E-state index contributed by atoms with van der Waals surface area (Å²) in [5.74, 6) is 2.15. The van der Waals surface area contributed by atoms with Crippen molar-refractivity contribution in [2.24, 2.45) is 0 Å². The molecule has 9 nitrogen and oxygen atoms in total. The molecule has 2 aromatic carbocycles. The molecule has 2 aromatic rings. The first-order valence-electron chi connectivity index (χ1n) is 14.0. The number of likely N-dealkylation sites (N-methyl/N-ethyl adjacent to an activating group) is 1. The summed E-state index contributed by atoms with van der Waals surface area (Å²) in [6, 6.07) is 10.2. The molecule has 0 saturated heterocycles. The van der Waals surface area contributed by atoms with Gasteiger partial charge in [0.1, 0.15) is 6.04 Å². The predicted octanol–water partition coefficient (Wildman–Crippen LogP) is 4.84. The molecule has 224 valence electrons. The van der Waals surface area contributed by atoms with Gasteiger partial charge in [0.05, 0.1) is 68.2 Å². The Kier molecular flexibility index (Phi) is 11.9. The number of carbonyl (C=O) groups is 2. The minimum Gasteiger partial charge on any atom is -0.493 e. The Morgan fingerprint density at radius 1 is 0.878 bits per heavy atom. The lowest BCUT2D eigenvalue weighted by Crippen LogP contribution is -2.53. The van der Waals surface area contributed by atoms with Gasteiger partial charge in [0.15, 0.2) is 23.0 Å². The number of esters is 2. The van der Waals surface area contributed by atoms with E-state index in [1.807, 2.05) is 12.1 Å². The van der Waals surface area contributed by atoms with Crippen LogP contribution >= 0.6 is 0 Å². The second-order valence-electron chi connectivity index (χ2n) is 10.4. The highest BCUT2D eigenvalue weighted by Gasteiger charge is 2.40. The molecule has 0 amide bonds. The van der Waals surface area contributed by atoms with Crippen molar-refractivity contribution in [1.82, 2.24) is 0 Å². The van der Waals surface area contributed by atoms with Crippen molar-refractivity contribution < 1.29 is 42.5 Å². The first-order valence-corrected chi connectivity index (χ1v) is 14.0. The number of ether oxygens (including phenoxy) is 6. The molecular formula is C32H44NO8+. The summed E-state index contributed by atoms with van der Waals surface area (Å²) in [5.41, 5.74) is 3.53. The van der Waals surface area contributed by atoms with Crippen LogP contribution in [0.2, 0.25) is 0 Å². The SMILES string of the molecule is C=CC(=O)OCCCCCOC(=O)CC[N@@+]1(C)CCc2cc(OC)c(OC)cc2[C@H]1Cc1ccc(OC)c(OC)c1. The highest BCUT2D eigenvalue weighted by molar-refractivity contribution is 5.81. The summed E-state index contributed by atoms with van der Waals surface area (Å²) in [4.78, 5) is 23.8. The maximum Gasteiger partial charge on any atom is 0.330 e. The average Bonchev–Trinajstić information content (AvgIpc) is 3.00. The molecule has 0 aliphatic carbocycles. The molecule has 2 atom stereocenters. The lowest BCUT2D eigenvalue weighted by atomic mass is 9.86. The van der Waals surface area contributed by atoms with E-state index in [1.54, 1.807) is 28.4 Å². The summed E-state index contributed by atoms with van der Waals surface area (Å²) in [6.45, 7) is 5.58. The van der Waals surface area contributed by atoms with Crippen LogP contribution in [0.1, 0.15) is 48.4 Å². The van der Waals surface area contributed by atoms with Gasteiger partial charge < -0.3 is 32.9 Å². The third-order valence-corrected chi connectivity index (χ3v) is 7.82. The number of nitrogens with zero attached hydrogens (tertiary/aromatic N) is 1. The molecule has 0 spiro atoms. The Hall–Kier alpha value is -3.72. The van der Waals surface area contributed by atoms with E-state index in [0.717, 1.165) is 56.0 Å². The van der Waals surface area contributed by atoms with Gasteiger partial charge >= 0.3 is 11.9 Å². The quantitative estimate of drug-likeness (QED) is 0.123. The van der Waals surface area contributed by atoms with Gasteiger partial charge in [0, 0.05) is 24.5 Å². The lowest BCUT2D eigenvalue weighted by molar-refractivity contribution is -0.940. The van der Waals surface area contributed by atoms with Crippen LogP contribution in [0.3, 0.4) is 0 Å². The Morgan fingerprint density at radius 3 is 2.17 bits per heavy atom. The Labute approximate surface area is 243 Å². The number of methoxy groups -OCH3 is 4. The molecule has 1 heterocycles. The van der Waals surface area contributed by atoms with Crippen LogP contribution in [-0.4, -0.2) is 78.2 Å². The zero-order valence-corrected chi connectivity index (χ0v) is 25.0. The minimum absolute atomic E-state index is 0.0720. The molecular weight excluding hydrogens is 526 g/mol. The summed E-state index contributed by atoms with van der Waals surface area (Å²) in [7, 11) is 8.77. The van der Waals surface area contributed by atoms with Gasteiger partial charge in [-0.3, -0.25) is 4.79 Å². The standard InChI is InChI=1S/C32H44NO8/c1-7-31(34)40-17-9-8-10-18-41-32(35)14-16-33(2)15-13-24-21-29(38-5)30(39-6)22-25(24)26(33)19-23-11-12-27(36-3)28(20-23)37-4/h7,11-12,20-22,26H,1,8-10,13-19H2,2-6H3/q+1/t26-,33-/m1/s1. The first-order chi connectivity index (χ1) is 19.8. The molecule has 0 unspecified atom stereocenters. The van der Waals surface area contributed by atoms with E-state index in [9.17, 15) is 9.59 Å². The number of hydrogen-bond acceptors (Lipinski definition) is 8. The second kappa shape index (κ2) is 15.3. The van der Waals surface area contributed by atoms with Crippen molar-refractivity contribution in [2.75, 3.05) is 61.8 Å². The van der Waals surface area contributed by atoms with Crippen LogP contribution < -0.4 is 18.9 Å². The fourth-order valence-corrected chi connectivity index (χ4v) is 5.38. The number of hydrogen-bond donors (Lipinski definition) is 0. The van der Waals surface area contributed by atoms with Gasteiger partial charge in [-0.05, 0) is 54.7 Å². The lowest BCUT2D eigenvalue weighted by Gasteiger charge is -2.46. The predicted molar refractivity (Wildman–Crippen MR) is 156 cm³/mol. The average molecular weight is 571 g/mol. The summed E-state index contributed by atoms with van der Waals surface area (Å²) in [5, 5.41) is 0. The second-order valence-corrected chi connectivity index (χ2v) is 10.4. The summed E-state index contributed by atoms with van der Waals surface area (Å²) >= 11 is 0. The molecule has 0 bridgehead atoms. The van der Waals surface area contributed by atoms with Gasteiger partial charge in [0.25, 0.3) is 0 Å². The molecule has 9 heteroatoms. The number of carbonyl (C=O) groups excluding carboxylic acids is 2. The molecule has 0 fully saturated rings. The maximum atomic E-state index is 12.7. The number of quaternary nitrogens is 1. The van der Waals surface area contributed by atoms with Crippen molar-refractivity contribution >= 4 is 11.9 Å². The van der Waals surface area contributed by atoms with Gasteiger partial charge in [-0.25, -0.2) is 4.79 Å². The molecule has 0 radical (unpaired) electrons. The summed E-state index contributed by atoms with van der Waals surface area (Å²) < 4.78 is 33.4. The normalized spacial score (nSPS) is 17.6. The largest absolute Gasteiger partial charge is 0.493 e. The molecule has 0 saturated carbocycles. The van der Waals surface area contributed by atoms with E-state index in [-0.39, 0.29) is 12.0 Å². The van der Waals surface area contributed by atoms with E-state index in [4.69, 9.17) is 28.4 Å². The molecule has 3 rings (SSSR count). The molecule has 1 aliphatic heterocycles. The monoisotopic (exact) mass is 570 g/mol. The summed E-state index contributed by atoms with van der Waals surface area (Å²) in [6.07, 6.45) is 5.32. The fourth-order valence-electron chi connectivity index (χ4n) is 5.38.